The minimum Gasteiger partial charge on any atom is -0.351 e. The largest absolute Gasteiger partial charge is 0.351 e. The highest BCUT2D eigenvalue weighted by Crippen LogP contribution is 2.19. The van der Waals surface area contributed by atoms with Crippen LogP contribution in [0.15, 0.2) is 42.0 Å². The van der Waals surface area contributed by atoms with Crippen molar-refractivity contribution >= 4 is 5.91 Å². The normalized spacial score (nSPS) is 16.6. The van der Waals surface area contributed by atoms with Gasteiger partial charge in [0.05, 0.1) is 0 Å². The van der Waals surface area contributed by atoms with Crippen molar-refractivity contribution in [1.29, 1.82) is 0 Å². The highest BCUT2D eigenvalue weighted by atomic mass is 16.2. The van der Waals surface area contributed by atoms with Crippen molar-refractivity contribution in [3.8, 4) is 0 Å². The predicted molar refractivity (Wildman–Crippen MR) is 82.4 cm³/mol. The Morgan fingerprint density at radius 2 is 2.00 bits per heavy atom. The quantitative estimate of drug-likeness (QED) is 0.836. The van der Waals surface area contributed by atoms with E-state index in [1.807, 2.05) is 49.3 Å². The molecule has 1 amide bonds. The van der Waals surface area contributed by atoms with E-state index < -0.39 is 0 Å². The fourth-order valence-corrected chi connectivity index (χ4v) is 2.68. The molecule has 1 N–H and O–H groups in total. The predicted octanol–water partition coefficient (Wildman–Crippen LogP) is 2.91. The Hall–Kier alpha value is -1.61. The first-order chi connectivity index (χ1) is 9.68. The average Bonchev–Trinajstić information content (AvgIpc) is 2.47. The zero-order valence-electron chi connectivity index (χ0n) is 12.4. The zero-order chi connectivity index (χ0) is 14.4. The van der Waals surface area contributed by atoms with Gasteiger partial charge in [-0.1, -0.05) is 42.0 Å². The molecule has 0 aliphatic heterocycles. The van der Waals surface area contributed by atoms with Gasteiger partial charge in [-0.05, 0) is 45.3 Å². The van der Waals surface area contributed by atoms with E-state index in [2.05, 4.69) is 11.4 Å². The molecule has 2 rings (SSSR count). The maximum absolute atomic E-state index is 12.4. The Bertz CT molecular complexity index is 465. The summed E-state index contributed by atoms with van der Waals surface area (Å²) < 4.78 is 0. The molecule has 0 heterocycles. The fraction of sp³-hybridized carbons (Fsp3) is 0.471. The lowest BCUT2D eigenvalue weighted by molar-refractivity contribution is -0.125. The van der Waals surface area contributed by atoms with Crippen LogP contribution in [0, 0.1) is 0 Å². The van der Waals surface area contributed by atoms with Gasteiger partial charge in [0.25, 0.3) is 0 Å². The topological polar surface area (TPSA) is 32.3 Å². The second-order valence-corrected chi connectivity index (χ2v) is 5.60. The summed E-state index contributed by atoms with van der Waals surface area (Å²) in [5.74, 6) is 0.0765. The molecule has 3 nitrogen and oxygen atoms in total. The molecule has 0 aromatic heterocycles. The van der Waals surface area contributed by atoms with Crippen LogP contribution in [-0.2, 0) is 4.79 Å². The van der Waals surface area contributed by atoms with Crippen molar-refractivity contribution < 1.29 is 4.79 Å². The monoisotopic (exact) mass is 272 g/mol. The Kier molecular flexibility index (Phi) is 5.36. The number of carbonyl (C=O) groups excluding carboxylic acids is 1. The fourth-order valence-electron chi connectivity index (χ4n) is 2.68. The van der Waals surface area contributed by atoms with Crippen molar-refractivity contribution in [2.75, 3.05) is 20.6 Å². The number of rotatable bonds is 5. The number of likely N-dealkylation sites (N-methyl/N-ethyl adjacent to an activating group) is 1. The van der Waals surface area contributed by atoms with E-state index in [1.165, 1.54) is 18.4 Å². The molecular formula is C17H24N2O. The molecule has 0 bridgehead atoms. The van der Waals surface area contributed by atoms with Crippen LogP contribution in [0.2, 0.25) is 0 Å². The maximum Gasteiger partial charge on any atom is 0.242 e. The summed E-state index contributed by atoms with van der Waals surface area (Å²) in [6.45, 7) is 0.690. The summed E-state index contributed by atoms with van der Waals surface area (Å²) in [7, 11) is 3.88. The molecule has 1 atom stereocenters. The lowest BCUT2D eigenvalue weighted by Gasteiger charge is -2.24. The van der Waals surface area contributed by atoms with E-state index in [4.69, 9.17) is 0 Å². The highest BCUT2D eigenvalue weighted by Gasteiger charge is 2.22. The van der Waals surface area contributed by atoms with Crippen LogP contribution >= 0.6 is 0 Å². The number of nitrogens with zero attached hydrogens (tertiary/aromatic N) is 1. The molecule has 0 saturated heterocycles. The molecular weight excluding hydrogens is 248 g/mol. The number of hydrogen-bond acceptors (Lipinski definition) is 2. The molecule has 108 valence electrons. The number of carbonyl (C=O) groups is 1. The molecule has 0 fully saturated rings. The van der Waals surface area contributed by atoms with Crippen molar-refractivity contribution in [2.45, 2.75) is 31.7 Å². The first kappa shape index (κ1) is 14.8. The van der Waals surface area contributed by atoms with Gasteiger partial charge in [-0.2, -0.15) is 0 Å². The first-order valence-electron chi connectivity index (χ1n) is 7.35. The number of amides is 1. The summed E-state index contributed by atoms with van der Waals surface area (Å²) >= 11 is 0. The molecule has 1 aliphatic carbocycles. The van der Waals surface area contributed by atoms with Gasteiger partial charge in [-0.15, -0.1) is 0 Å². The van der Waals surface area contributed by atoms with Gasteiger partial charge >= 0.3 is 0 Å². The van der Waals surface area contributed by atoms with E-state index in [9.17, 15) is 4.79 Å². The molecule has 0 unspecified atom stereocenters. The number of hydrogen-bond donors (Lipinski definition) is 1. The second-order valence-electron chi connectivity index (χ2n) is 5.60. The summed E-state index contributed by atoms with van der Waals surface area (Å²) in [5, 5.41) is 3.08. The number of allylic oxidation sites excluding steroid dienone is 1. The second kappa shape index (κ2) is 7.25. The summed E-state index contributed by atoms with van der Waals surface area (Å²) in [4.78, 5) is 14.4. The Balaban J connectivity index is 1.99. The molecule has 1 aromatic rings. The van der Waals surface area contributed by atoms with E-state index in [0.29, 0.717) is 6.54 Å². The van der Waals surface area contributed by atoms with Gasteiger partial charge in [-0.25, -0.2) is 0 Å². The van der Waals surface area contributed by atoms with Crippen LogP contribution in [0.1, 0.15) is 37.3 Å². The lowest BCUT2D eigenvalue weighted by Crippen LogP contribution is -2.38. The van der Waals surface area contributed by atoms with E-state index in [1.54, 1.807) is 0 Å². The van der Waals surface area contributed by atoms with E-state index in [-0.39, 0.29) is 11.9 Å². The summed E-state index contributed by atoms with van der Waals surface area (Å²) in [6, 6.07) is 9.71. The van der Waals surface area contributed by atoms with Gasteiger partial charge in [0.1, 0.15) is 6.04 Å². The van der Waals surface area contributed by atoms with Crippen molar-refractivity contribution in [1.82, 2.24) is 10.2 Å². The first-order valence-corrected chi connectivity index (χ1v) is 7.35. The smallest absolute Gasteiger partial charge is 0.242 e. The van der Waals surface area contributed by atoms with Gasteiger partial charge in [0.15, 0.2) is 0 Å². The average molecular weight is 272 g/mol. The third-order valence-electron chi connectivity index (χ3n) is 3.75. The van der Waals surface area contributed by atoms with Gasteiger partial charge < -0.3 is 5.32 Å². The van der Waals surface area contributed by atoms with Gasteiger partial charge in [0.2, 0.25) is 5.91 Å². The summed E-state index contributed by atoms with van der Waals surface area (Å²) in [6.07, 6.45) is 7.08. The maximum atomic E-state index is 12.4. The minimum absolute atomic E-state index is 0.0765. The Morgan fingerprint density at radius 1 is 1.25 bits per heavy atom. The third-order valence-corrected chi connectivity index (χ3v) is 3.75. The van der Waals surface area contributed by atoms with E-state index in [0.717, 1.165) is 18.4 Å². The van der Waals surface area contributed by atoms with Crippen LogP contribution in [-0.4, -0.2) is 31.4 Å². The lowest BCUT2D eigenvalue weighted by atomic mass is 9.99. The Morgan fingerprint density at radius 3 is 2.60 bits per heavy atom. The molecule has 1 aliphatic rings. The van der Waals surface area contributed by atoms with Gasteiger partial charge in [-0.3, -0.25) is 9.69 Å². The van der Waals surface area contributed by atoms with Gasteiger partial charge in [0, 0.05) is 6.54 Å². The van der Waals surface area contributed by atoms with E-state index >= 15 is 0 Å². The third kappa shape index (κ3) is 3.94. The zero-order valence-corrected chi connectivity index (χ0v) is 12.4. The van der Waals surface area contributed by atoms with Crippen LogP contribution < -0.4 is 5.32 Å². The molecule has 1 aromatic carbocycles. The van der Waals surface area contributed by atoms with Crippen LogP contribution in [0.25, 0.3) is 0 Å². The summed E-state index contributed by atoms with van der Waals surface area (Å²) in [5.41, 5.74) is 2.41. The Labute approximate surface area is 121 Å². The number of benzene rings is 1. The van der Waals surface area contributed by atoms with Crippen molar-refractivity contribution in [3.63, 3.8) is 0 Å². The van der Waals surface area contributed by atoms with Crippen molar-refractivity contribution in [3.05, 3.63) is 47.5 Å². The standard InChI is InChI=1S/C17H24N2O/c1-19(2)16(15-11-7-4-8-12-15)17(20)18-13-14-9-5-3-6-10-14/h4,7-9,11-12,16H,3,5-6,10,13H2,1-2H3,(H,18,20)/t16-/m0/s1. The van der Waals surface area contributed by atoms with Crippen LogP contribution in [0.4, 0.5) is 0 Å². The van der Waals surface area contributed by atoms with Crippen LogP contribution in [0.5, 0.6) is 0 Å². The van der Waals surface area contributed by atoms with Crippen LogP contribution in [0.3, 0.4) is 0 Å². The molecule has 20 heavy (non-hydrogen) atoms. The van der Waals surface area contributed by atoms with Crippen molar-refractivity contribution in [2.24, 2.45) is 0 Å². The SMILES string of the molecule is CN(C)[C@H](C(=O)NCC1=CCCCC1)c1ccccc1. The molecule has 0 saturated carbocycles. The minimum atomic E-state index is -0.222. The molecule has 3 heteroatoms. The number of nitrogens with one attached hydrogen (secondary N) is 1. The molecule has 0 spiro atoms. The molecule has 0 radical (unpaired) electrons. The highest BCUT2D eigenvalue weighted by molar-refractivity contribution is 5.83.